The monoisotopic (exact) mass is 171 g/mol. The van der Waals surface area contributed by atoms with Crippen LogP contribution < -0.4 is 0 Å². The number of phenolic OH excluding ortho intramolecular Hbond substituents is 1. The summed E-state index contributed by atoms with van der Waals surface area (Å²) in [6.07, 6.45) is 0. The molecule has 0 spiro atoms. The largest absolute Gasteiger partial charge is 0.508 e. The van der Waals surface area contributed by atoms with Gasteiger partial charge in [-0.05, 0) is 6.07 Å². The first-order valence-electron chi connectivity index (χ1n) is 2.70. The molecule has 0 unspecified atom stereocenters. The van der Waals surface area contributed by atoms with Crippen molar-refractivity contribution in [1.29, 1.82) is 0 Å². The van der Waals surface area contributed by atoms with Gasteiger partial charge in [-0.3, -0.25) is 0 Å². The number of halogens is 2. The lowest BCUT2D eigenvalue weighted by atomic mass is 10.3. The molecule has 1 rings (SSSR count). The van der Waals surface area contributed by atoms with Gasteiger partial charge in [0.15, 0.2) is 0 Å². The number of benzene rings is 1. The number of phenols is 1. The summed E-state index contributed by atoms with van der Waals surface area (Å²) in [5.41, 5.74) is -0.260. The lowest BCUT2D eigenvalue weighted by molar-refractivity contribution is 0.469. The Balaban J connectivity index is 3.40. The Kier molecular flexibility index (Phi) is 1.97. The second-order valence-electron chi connectivity index (χ2n) is 1.87. The molecule has 1 aromatic carbocycles. The molecule has 0 aliphatic carbocycles. The van der Waals surface area contributed by atoms with Crippen molar-refractivity contribution in [1.82, 2.24) is 0 Å². The highest BCUT2D eigenvalue weighted by atomic mass is 35.5. The van der Waals surface area contributed by atoms with E-state index in [4.69, 9.17) is 23.3 Å². The van der Waals surface area contributed by atoms with Gasteiger partial charge < -0.3 is 5.11 Å². The second kappa shape index (κ2) is 2.77. The van der Waals surface area contributed by atoms with Gasteiger partial charge in [0.2, 0.25) is 5.69 Å². The molecule has 0 bridgehead atoms. The molecule has 0 radical (unpaired) electrons. The van der Waals surface area contributed by atoms with Crippen LogP contribution in [0.3, 0.4) is 0 Å². The molecule has 1 aromatic rings. The van der Waals surface area contributed by atoms with Crippen molar-refractivity contribution in [2.75, 3.05) is 0 Å². The lowest BCUT2D eigenvalue weighted by Crippen LogP contribution is -1.75. The minimum absolute atomic E-state index is 0.0718. The highest BCUT2D eigenvalue weighted by Crippen LogP contribution is 2.31. The van der Waals surface area contributed by atoms with Crippen molar-refractivity contribution in [3.63, 3.8) is 0 Å². The van der Waals surface area contributed by atoms with E-state index in [0.717, 1.165) is 12.1 Å². The summed E-state index contributed by atoms with van der Waals surface area (Å²) in [5.74, 6) is -1.08. The zero-order valence-electron chi connectivity index (χ0n) is 5.31. The van der Waals surface area contributed by atoms with Crippen molar-refractivity contribution < 1.29 is 9.50 Å². The molecular formula is C7H3ClFNO. The molecule has 56 valence electrons. The molecule has 1 N–H and O–H groups in total. The summed E-state index contributed by atoms with van der Waals surface area (Å²) in [6, 6.07) is 1.97. The van der Waals surface area contributed by atoms with Crippen molar-refractivity contribution in [2.24, 2.45) is 0 Å². The molecule has 2 nitrogen and oxygen atoms in total. The summed E-state index contributed by atoms with van der Waals surface area (Å²) < 4.78 is 12.7. The Bertz CT molecular complexity index is 309. The van der Waals surface area contributed by atoms with Crippen LogP contribution in [0.25, 0.3) is 4.85 Å². The van der Waals surface area contributed by atoms with E-state index in [1.807, 2.05) is 0 Å². The van der Waals surface area contributed by atoms with Gasteiger partial charge in [-0.1, -0.05) is 11.6 Å². The zero-order valence-corrected chi connectivity index (χ0v) is 6.06. The first-order valence-corrected chi connectivity index (χ1v) is 3.08. The standard InChI is InChI=1S/C7H3ClFNO/c1-10-7-5(8)2-4(11)3-6(7)9/h2-3,11H. The lowest BCUT2D eigenvalue weighted by Gasteiger charge is -1.97. The summed E-state index contributed by atoms with van der Waals surface area (Å²) >= 11 is 5.42. The Labute approximate surface area is 67.7 Å². The van der Waals surface area contributed by atoms with E-state index in [1.54, 1.807) is 0 Å². The van der Waals surface area contributed by atoms with Gasteiger partial charge >= 0.3 is 0 Å². The van der Waals surface area contributed by atoms with Crippen LogP contribution in [0.4, 0.5) is 10.1 Å². The molecule has 0 heterocycles. The van der Waals surface area contributed by atoms with Crippen LogP contribution in [0.2, 0.25) is 5.02 Å². The molecule has 0 fully saturated rings. The van der Waals surface area contributed by atoms with E-state index in [2.05, 4.69) is 4.85 Å². The van der Waals surface area contributed by atoms with E-state index in [1.165, 1.54) is 0 Å². The minimum atomic E-state index is -0.801. The van der Waals surface area contributed by atoms with Crippen LogP contribution in [0.1, 0.15) is 0 Å². The topological polar surface area (TPSA) is 24.6 Å². The predicted octanol–water partition coefficient (Wildman–Crippen LogP) is 2.74. The van der Waals surface area contributed by atoms with Gasteiger partial charge in [0, 0.05) is 6.07 Å². The summed E-state index contributed by atoms with van der Waals surface area (Å²) in [5, 5.41) is 8.71. The van der Waals surface area contributed by atoms with Gasteiger partial charge in [0.05, 0.1) is 11.6 Å². The third kappa shape index (κ3) is 1.41. The Morgan fingerprint density at radius 3 is 2.64 bits per heavy atom. The molecule has 11 heavy (non-hydrogen) atoms. The van der Waals surface area contributed by atoms with Crippen molar-refractivity contribution in [3.8, 4) is 5.75 Å². The predicted molar refractivity (Wildman–Crippen MR) is 39.3 cm³/mol. The third-order valence-corrected chi connectivity index (χ3v) is 1.40. The van der Waals surface area contributed by atoms with Crippen LogP contribution in [-0.4, -0.2) is 5.11 Å². The molecule has 0 saturated heterocycles. The Morgan fingerprint density at radius 1 is 1.55 bits per heavy atom. The number of hydrogen-bond acceptors (Lipinski definition) is 1. The molecular weight excluding hydrogens is 169 g/mol. The molecule has 0 atom stereocenters. The Morgan fingerprint density at radius 2 is 2.18 bits per heavy atom. The summed E-state index contributed by atoms with van der Waals surface area (Å²) in [4.78, 5) is 2.84. The minimum Gasteiger partial charge on any atom is -0.508 e. The number of rotatable bonds is 0. The molecule has 0 aromatic heterocycles. The van der Waals surface area contributed by atoms with Crippen LogP contribution in [0.15, 0.2) is 12.1 Å². The van der Waals surface area contributed by atoms with E-state index < -0.39 is 5.82 Å². The van der Waals surface area contributed by atoms with Gasteiger partial charge in [0.1, 0.15) is 11.6 Å². The van der Waals surface area contributed by atoms with E-state index in [0.29, 0.717) is 0 Å². The molecule has 0 aliphatic heterocycles. The van der Waals surface area contributed by atoms with Crippen molar-refractivity contribution >= 4 is 17.3 Å². The normalized spacial score (nSPS) is 9.18. The maximum absolute atomic E-state index is 12.7. The highest BCUT2D eigenvalue weighted by Gasteiger charge is 2.08. The number of nitrogens with zero attached hydrogens (tertiary/aromatic N) is 1. The molecule has 0 saturated carbocycles. The quantitative estimate of drug-likeness (QED) is 0.597. The maximum atomic E-state index is 12.7. The van der Waals surface area contributed by atoms with Gasteiger partial charge in [-0.25, -0.2) is 9.24 Å². The fraction of sp³-hybridized carbons (Fsp3) is 0. The first kappa shape index (κ1) is 7.83. The Hall–Kier alpha value is -1.27. The highest BCUT2D eigenvalue weighted by molar-refractivity contribution is 6.33. The third-order valence-electron chi connectivity index (χ3n) is 1.11. The fourth-order valence-electron chi connectivity index (χ4n) is 0.659. The average Bonchev–Trinajstić information content (AvgIpc) is 1.85. The van der Waals surface area contributed by atoms with Crippen molar-refractivity contribution in [2.45, 2.75) is 0 Å². The molecule has 0 aliphatic rings. The average molecular weight is 172 g/mol. The van der Waals surface area contributed by atoms with Gasteiger partial charge in [-0.2, -0.15) is 0 Å². The summed E-state index contributed by atoms with van der Waals surface area (Å²) in [6.45, 7) is 6.51. The van der Waals surface area contributed by atoms with Crippen LogP contribution in [0.5, 0.6) is 5.75 Å². The van der Waals surface area contributed by atoms with Gasteiger partial charge in [-0.15, -0.1) is 0 Å². The van der Waals surface area contributed by atoms with Crippen molar-refractivity contribution in [3.05, 3.63) is 34.4 Å². The van der Waals surface area contributed by atoms with Crippen LogP contribution in [0, 0.1) is 12.4 Å². The SMILES string of the molecule is [C-]#[N+]c1c(F)cc(O)cc1Cl. The maximum Gasteiger partial charge on any atom is 0.240 e. The number of hydrogen-bond donors (Lipinski definition) is 1. The smallest absolute Gasteiger partial charge is 0.240 e. The van der Waals surface area contributed by atoms with Crippen LogP contribution in [-0.2, 0) is 0 Å². The summed E-state index contributed by atoms with van der Waals surface area (Å²) in [7, 11) is 0. The van der Waals surface area contributed by atoms with E-state index in [9.17, 15) is 4.39 Å². The van der Waals surface area contributed by atoms with E-state index >= 15 is 0 Å². The first-order chi connectivity index (χ1) is 5.15. The second-order valence-corrected chi connectivity index (χ2v) is 2.28. The number of aromatic hydroxyl groups is 1. The zero-order chi connectivity index (χ0) is 8.43. The molecule has 4 heteroatoms. The fourth-order valence-corrected chi connectivity index (χ4v) is 0.903. The van der Waals surface area contributed by atoms with Gasteiger partial charge in [0.25, 0.3) is 0 Å². The van der Waals surface area contributed by atoms with Crippen LogP contribution >= 0.6 is 11.6 Å². The molecule has 0 amide bonds. The van der Waals surface area contributed by atoms with E-state index in [-0.39, 0.29) is 16.5 Å².